The molecular formula is C17H11FN6. The summed E-state index contributed by atoms with van der Waals surface area (Å²) in [6.45, 7) is 0. The summed E-state index contributed by atoms with van der Waals surface area (Å²) in [6, 6.07) is 13.8. The molecule has 4 rings (SSSR count). The lowest BCUT2D eigenvalue weighted by Crippen LogP contribution is -2.00. The highest BCUT2D eigenvalue weighted by atomic mass is 19.1. The molecule has 24 heavy (non-hydrogen) atoms. The van der Waals surface area contributed by atoms with Crippen LogP contribution in [0.4, 0.5) is 4.39 Å². The summed E-state index contributed by atoms with van der Waals surface area (Å²) >= 11 is 0. The molecule has 116 valence electrons. The zero-order valence-corrected chi connectivity index (χ0v) is 12.4. The van der Waals surface area contributed by atoms with Crippen molar-refractivity contribution in [3.8, 4) is 28.3 Å². The average Bonchev–Trinajstić information content (AvgIpc) is 3.13. The Labute approximate surface area is 136 Å². The quantitative estimate of drug-likeness (QED) is 0.581. The maximum Gasteiger partial charge on any atom is 0.223 e. The summed E-state index contributed by atoms with van der Waals surface area (Å²) in [5, 5.41) is 12.3. The molecule has 7 heteroatoms. The number of hydrogen-bond acceptors (Lipinski definition) is 5. The van der Waals surface area contributed by atoms with Crippen LogP contribution in [0, 0.1) is 5.82 Å². The van der Waals surface area contributed by atoms with Crippen molar-refractivity contribution in [3.63, 3.8) is 0 Å². The minimum Gasteiger partial charge on any atom is -0.262 e. The molecule has 0 aliphatic rings. The highest BCUT2D eigenvalue weighted by Gasteiger charge is 2.10. The number of benzene rings is 1. The Bertz CT molecular complexity index is 983. The first kappa shape index (κ1) is 14.1. The van der Waals surface area contributed by atoms with E-state index < -0.39 is 0 Å². The second-order valence-corrected chi connectivity index (χ2v) is 5.03. The molecule has 0 fully saturated rings. The minimum absolute atomic E-state index is 0.308. The third kappa shape index (κ3) is 2.63. The molecular weight excluding hydrogens is 307 g/mol. The number of nitrogens with zero attached hydrogens (tertiary/aromatic N) is 6. The van der Waals surface area contributed by atoms with Crippen LogP contribution in [0.15, 0.2) is 67.1 Å². The van der Waals surface area contributed by atoms with Crippen LogP contribution in [-0.4, -0.2) is 30.2 Å². The van der Waals surface area contributed by atoms with Gasteiger partial charge in [0.2, 0.25) is 5.82 Å². The Morgan fingerprint density at radius 3 is 2.67 bits per heavy atom. The van der Waals surface area contributed by atoms with Gasteiger partial charge in [-0.2, -0.15) is 0 Å². The first-order valence-electron chi connectivity index (χ1n) is 7.23. The summed E-state index contributed by atoms with van der Waals surface area (Å²) in [5.41, 5.74) is 2.33. The van der Waals surface area contributed by atoms with E-state index in [1.807, 2.05) is 12.1 Å². The lowest BCUT2D eigenvalue weighted by molar-refractivity contribution is 0.631. The van der Waals surface area contributed by atoms with Gasteiger partial charge in [0.05, 0.1) is 6.20 Å². The fourth-order valence-corrected chi connectivity index (χ4v) is 2.30. The van der Waals surface area contributed by atoms with E-state index in [1.165, 1.54) is 10.9 Å². The molecule has 6 nitrogen and oxygen atoms in total. The first-order chi connectivity index (χ1) is 11.8. The zero-order valence-electron chi connectivity index (χ0n) is 12.4. The van der Waals surface area contributed by atoms with Gasteiger partial charge in [-0.1, -0.05) is 24.3 Å². The molecule has 0 aliphatic carbocycles. The molecule has 0 spiro atoms. The first-order valence-corrected chi connectivity index (χ1v) is 7.23. The van der Waals surface area contributed by atoms with Gasteiger partial charge >= 0.3 is 0 Å². The fourth-order valence-electron chi connectivity index (χ4n) is 2.30. The minimum atomic E-state index is -0.308. The molecule has 0 amide bonds. The van der Waals surface area contributed by atoms with Gasteiger partial charge in [-0.3, -0.25) is 9.97 Å². The average molecular weight is 318 g/mol. The van der Waals surface area contributed by atoms with E-state index in [9.17, 15) is 4.39 Å². The van der Waals surface area contributed by atoms with E-state index in [-0.39, 0.29) is 5.82 Å². The molecule has 0 N–H and O–H groups in total. The lowest BCUT2D eigenvalue weighted by atomic mass is 10.1. The molecule has 4 aromatic rings. The molecule has 0 saturated heterocycles. The number of hydrogen-bond donors (Lipinski definition) is 0. The Morgan fingerprint density at radius 2 is 1.83 bits per heavy atom. The van der Waals surface area contributed by atoms with E-state index in [1.54, 1.807) is 48.9 Å². The van der Waals surface area contributed by atoms with Gasteiger partial charge in [0.25, 0.3) is 0 Å². The van der Waals surface area contributed by atoms with Crippen LogP contribution < -0.4 is 0 Å². The van der Waals surface area contributed by atoms with Crippen molar-refractivity contribution in [2.24, 2.45) is 0 Å². The number of tetrazole rings is 1. The highest BCUT2D eigenvalue weighted by molar-refractivity contribution is 5.65. The highest BCUT2D eigenvalue weighted by Crippen LogP contribution is 2.23. The number of aromatic nitrogens is 6. The van der Waals surface area contributed by atoms with Crippen LogP contribution in [0.2, 0.25) is 0 Å². The molecule has 0 bridgehead atoms. The van der Waals surface area contributed by atoms with Crippen molar-refractivity contribution in [2.45, 2.75) is 0 Å². The smallest absolute Gasteiger partial charge is 0.223 e. The topological polar surface area (TPSA) is 69.4 Å². The largest absolute Gasteiger partial charge is 0.262 e. The van der Waals surface area contributed by atoms with Crippen LogP contribution in [0.5, 0.6) is 0 Å². The second-order valence-electron chi connectivity index (χ2n) is 5.03. The van der Waals surface area contributed by atoms with E-state index in [0.717, 1.165) is 0 Å². The van der Waals surface area contributed by atoms with Gasteiger partial charge in [0, 0.05) is 23.5 Å². The van der Waals surface area contributed by atoms with Gasteiger partial charge in [0.1, 0.15) is 17.2 Å². The number of rotatable bonds is 3. The monoisotopic (exact) mass is 318 g/mol. The van der Waals surface area contributed by atoms with Crippen molar-refractivity contribution >= 4 is 0 Å². The number of pyridine rings is 2. The van der Waals surface area contributed by atoms with Crippen molar-refractivity contribution in [1.82, 2.24) is 30.2 Å². The predicted molar refractivity (Wildman–Crippen MR) is 85.6 cm³/mol. The molecule has 3 heterocycles. The molecule has 1 aromatic carbocycles. The Hall–Kier alpha value is -3.48. The second kappa shape index (κ2) is 5.96. The zero-order chi connectivity index (χ0) is 16.4. The van der Waals surface area contributed by atoms with Crippen LogP contribution in [0.1, 0.15) is 0 Å². The van der Waals surface area contributed by atoms with Crippen molar-refractivity contribution in [2.75, 3.05) is 0 Å². The number of halogens is 1. The van der Waals surface area contributed by atoms with E-state index in [0.29, 0.717) is 28.3 Å². The molecule has 0 unspecified atom stereocenters. The summed E-state index contributed by atoms with van der Waals surface area (Å²) in [5.74, 6) is 0.101. The van der Waals surface area contributed by atoms with Crippen molar-refractivity contribution < 1.29 is 4.39 Å². The van der Waals surface area contributed by atoms with Crippen LogP contribution in [0.3, 0.4) is 0 Å². The van der Waals surface area contributed by atoms with Gasteiger partial charge < -0.3 is 0 Å². The van der Waals surface area contributed by atoms with Crippen LogP contribution in [0.25, 0.3) is 28.3 Å². The van der Waals surface area contributed by atoms with Crippen LogP contribution >= 0.6 is 0 Å². The van der Waals surface area contributed by atoms with Gasteiger partial charge in [-0.25, -0.2) is 4.39 Å². The van der Waals surface area contributed by atoms with Crippen molar-refractivity contribution in [3.05, 3.63) is 72.9 Å². The Morgan fingerprint density at radius 1 is 0.958 bits per heavy atom. The summed E-state index contributed by atoms with van der Waals surface area (Å²) in [4.78, 5) is 9.69. The Balaban J connectivity index is 1.72. The molecule has 0 radical (unpaired) electrons. The standard InChI is InChI=1S/C17H11FN6/c18-15-6-2-1-5-14(15)12-9-13(11-19-10-12)24-22-17(21-23-24)16-7-3-4-8-20-16/h1-11H. The van der Waals surface area contributed by atoms with Gasteiger partial charge in [-0.15, -0.1) is 15.0 Å². The molecule has 0 aliphatic heterocycles. The maximum absolute atomic E-state index is 13.9. The molecule has 0 atom stereocenters. The summed E-state index contributed by atoms with van der Waals surface area (Å²) in [7, 11) is 0. The van der Waals surface area contributed by atoms with Gasteiger partial charge in [0.15, 0.2) is 0 Å². The van der Waals surface area contributed by atoms with Crippen molar-refractivity contribution in [1.29, 1.82) is 0 Å². The van der Waals surface area contributed by atoms with Crippen LogP contribution in [-0.2, 0) is 0 Å². The normalized spacial score (nSPS) is 10.7. The lowest BCUT2D eigenvalue weighted by Gasteiger charge is -2.04. The summed E-state index contributed by atoms with van der Waals surface area (Å²) < 4.78 is 13.9. The van der Waals surface area contributed by atoms with Gasteiger partial charge in [-0.05, 0) is 29.5 Å². The van der Waals surface area contributed by atoms with E-state index in [2.05, 4.69) is 25.4 Å². The Kier molecular flexibility index (Phi) is 3.51. The maximum atomic E-state index is 13.9. The fraction of sp³-hybridized carbons (Fsp3) is 0. The molecule has 3 aromatic heterocycles. The summed E-state index contributed by atoms with van der Waals surface area (Å²) in [6.07, 6.45) is 4.85. The van der Waals surface area contributed by atoms with E-state index in [4.69, 9.17) is 0 Å². The third-order valence-corrected chi connectivity index (χ3v) is 3.45. The predicted octanol–water partition coefficient (Wildman–Crippen LogP) is 2.93. The third-order valence-electron chi connectivity index (χ3n) is 3.45. The van der Waals surface area contributed by atoms with E-state index >= 15 is 0 Å². The SMILES string of the molecule is Fc1ccccc1-c1cncc(-n2nnc(-c3ccccn3)n2)c1. The molecule has 0 saturated carbocycles.